The molecule has 1 saturated carbocycles. The average molecular weight is 425 g/mol. The van der Waals surface area contributed by atoms with Gasteiger partial charge < -0.3 is 14.4 Å². The number of allylic oxidation sites excluding steroid dienone is 2. The minimum Gasteiger partial charge on any atom is -0.495 e. The van der Waals surface area contributed by atoms with Gasteiger partial charge in [0, 0.05) is 38.6 Å². The van der Waals surface area contributed by atoms with Crippen molar-refractivity contribution >= 4 is 11.7 Å². The van der Waals surface area contributed by atoms with Gasteiger partial charge >= 0.3 is 5.97 Å². The fourth-order valence-electron chi connectivity index (χ4n) is 6.66. The molecule has 0 radical (unpaired) electrons. The van der Waals surface area contributed by atoms with E-state index in [1.54, 1.807) is 18.3 Å². The van der Waals surface area contributed by atoms with E-state index in [0.717, 1.165) is 57.0 Å². The van der Waals surface area contributed by atoms with Gasteiger partial charge in [0.25, 0.3) is 0 Å². The van der Waals surface area contributed by atoms with Gasteiger partial charge in [-0.1, -0.05) is 30.2 Å². The Labute approximate surface area is 186 Å². The maximum atomic E-state index is 12.9. The van der Waals surface area contributed by atoms with Crippen LogP contribution in [0.4, 0.5) is 5.69 Å². The van der Waals surface area contributed by atoms with E-state index in [0.29, 0.717) is 5.92 Å². The van der Waals surface area contributed by atoms with E-state index in [1.165, 1.54) is 19.3 Å². The first-order valence-corrected chi connectivity index (χ1v) is 12.0. The molecule has 0 amide bonds. The SMILES string of the molecule is COc1ccccc1N1CCN(CC2C(=O)O[C@@H]3C[C@@]4(C)CCCC(C)=C4C[C@H]23)CC1. The molecule has 1 aromatic rings. The average Bonchev–Trinajstić information content (AvgIpc) is 3.06. The molecule has 0 N–H and O–H groups in total. The molecule has 4 atom stereocenters. The molecule has 1 unspecified atom stereocenters. The lowest BCUT2D eigenvalue weighted by molar-refractivity contribution is -0.145. The van der Waals surface area contributed by atoms with Crippen molar-refractivity contribution in [2.75, 3.05) is 44.7 Å². The van der Waals surface area contributed by atoms with Crippen molar-refractivity contribution in [3.05, 3.63) is 35.4 Å². The molecule has 3 fully saturated rings. The van der Waals surface area contributed by atoms with Crippen LogP contribution >= 0.6 is 0 Å². The number of anilines is 1. The van der Waals surface area contributed by atoms with Crippen LogP contribution in [0.15, 0.2) is 35.4 Å². The standard InChI is InChI=1S/C26H36N2O3/c1-18-7-6-10-26(2)16-24-19(15-21(18)26)20(25(29)31-24)17-27-11-13-28(14-12-27)22-8-4-5-9-23(22)30-3/h4-5,8-9,19-20,24H,6-7,10-17H2,1-3H3/t19-,20?,24-,26-/m1/s1. The zero-order valence-electron chi connectivity index (χ0n) is 19.2. The summed E-state index contributed by atoms with van der Waals surface area (Å²) in [4.78, 5) is 17.7. The number of carbonyl (C=O) groups excluding carboxylic acids is 1. The number of esters is 1. The smallest absolute Gasteiger partial charge is 0.310 e. The molecule has 2 heterocycles. The lowest BCUT2D eigenvalue weighted by Crippen LogP contribution is -2.49. The molecular formula is C26H36N2O3. The van der Waals surface area contributed by atoms with E-state index >= 15 is 0 Å². The maximum Gasteiger partial charge on any atom is 0.310 e. The fraction of sp³-hybridized carbons (Fsp3) is 0.654. The summed E-state index contributed by atoms with van der Waals surface area (Å²) in [5.74, 6) is 1.35. The van der Waals surface area contributed by atoms with E-state index in [-0.39, 0.29) is 23.4 Å². The summed E-state index contributed by atoms with van der Waals surface area (Å²) in [6.45, 7) is 9.41. The predicted molar refractivity (Wildman–Crippen MR) is 122 cm³/mol. The van der Waals surface area contributed by atoms with Crippen LogP contribution in [0.2, 0.25) is 0 Å². The molecule has 2 aliphatic carbocycles. The highest BCUT2D eigenvalue weighted by Crippen LogP contribution is 2.55. The van der Waals surface area contributed by atoms with Gasteiger partial charge in [0.05, 0.1) is 18.7 Å². The summed E-state index contributed by atoms with van der Waals surface area (Å²) in [6.07, 6.45) is 5.95. The third kappa shape index (κ3) is 3.75. The molecule has 4 aliphatic rings. The van der Waals surface area contributed by atoms with Crippen molar-refractivity contribution in [1.29, 1.82) is 0 Å². The van der Waals surface area contributed by atoms with Crippen LogP contribution in [0, 0.1) is 17.3 Å². The summed E-state index contributed by atoms with van der Waals surface area (Å²) < 4.78 is 11.5. The third-order valence-corrected chi connectivity index (χ3v) is 8.43. The highest BCUT2D eigenvalue weighted by Gasteiger charge is 2.53. The summed E-state index contributed by atoms with van der Waals surface area (Å²) in [5, 5.41) is 0. The number of fused-ring (bicyclic) bond motifs is 2. The van der Waals surface area contributed by atoms with Crippen LogP contribution < -0.4 is 9.64 Å². The number of nitrogens with zero attached hydrogens (tertiary/aromatic N) is 2. The Morgan fingerprint density at radius 2 is 1.97 bits per heavy atom. The molecule has 5 rings (SSSR count). The molecule has 0 aromatic heterocycles. The van der Waals surface area contributed by atoms with Crippen molar-refractivity contribution in [3.8, 4) is 5.75 Å². The minimum absolute atomic E-state index is 0.0228. The monoisotopic (exact) mass is 424 g/mol. The molecule has 0 bridgehead atoms. The number of carbonyl (C=O) groups is 1. The summed E-state index contributed by atoms with van der Waals surface area (Å²) in [6, 6.07) is 8.23. The molecule has 0 spiro atoms. The number of rotatable bonds is 4. The first-order chi connectivity index (χ1) is 15.0. The topological polar surface area (TPSA) is 42.0 Å². The van der Waals surface area contributed by atoms with Crippen molar-refractivity contribution in [1.82, 2.24) is 4.90 Å². The Morgan fingerprint density at radius 3 is 2.74 bits per heavy atom. The Bertz CT molecular complexity index is 873. The van der Waals surface area contributed by atoms with Crippen LogP contribution in [0.5, 0.6) is 5.75 Å². The quantitative estimate of drug-likeness (QED) is 0.533. The van der Waals surface area contributed by atoms with Crippen molar-refractivity contribution in [3.63, 3.8) is 0 Å². The van der Waals surface area contributed by atoms with Gasteiger partial charge in [-0.05, 0) is 56.6 Å². The van der Waals surface area contributed by atoms with Gasteiger partial charge in [-0.2, -0.15) is 0 Å². The Hall–Kier alpha value is -2.01. The third-order valence-electron chi connectivity index (χ3n) is 8.43. The molecule has 2 aliphatic heterocycles. The van der Waals surface area contributed by atoms with E-state index in [1.807, 2.05) is 12.1 Å². The van der Waals surface area contributed by atoms with Gasteiger partial charge in [-0.25, -0.2) is 0 Å². The zero-order valence-corrected chi connectivity index (χ0v) is 19.2. The molecule has 31 heavy (non-hydrogen) atoms. The van der Waals surface area contributed by atoms with Gasteiger partial charge in [-0.15, -0.1) is 0 Å². The number of hydrogen-bond acceptors (Lipinski definition) is 5. The summed E-state index contributed by atoms with van der Waals surface area (Å²) in [7, 11) is 1.73. The van der Waals surface area contributed by atoms with Gasteiger partial charge in [-0.3, -0.25) is 9.69 Å². The number of piperazine rings is 1. The number of para-hydroxylation sites is 2. The summed E-state index contributed by atoms with van der Waals surface area (Å²) >= 11 is 0. The first kappa shape index (κ1) is 20.9. The lowest BCUT2D eigenvalue weighted by Gasteiger charge is -2.46. The highest BCUT2D eigenvalue weighted by atomic mass is 16.6. The van der Waals surface area contributed by atoms with Crippen LogP contribution in [-0.2, 0) is 9.53 Å². The number of hydrogen-bond donors (Lipinski definition) is 0. The second kappa shape index (κ2) is 8.16. The second-order valence-electron chi connectivity index (χ2n) is 10.3. The Kier molecular flexibility index (Phi) is 5.49. The van der Waals surface area contributed by atoms with Crippen molar-refractivity contribution < 1.29 is 14.3 Å². The molecule has 2 saturated heterocycles. The van der Waals surface area contributed by atoms with Crippen LogP contribution in [0.25, 0.3) is 0 Å². The van der Waals surface area contributed by atoms with Crippen LogP contribution in [0.1, 0.15) is 46.0 Å². The number of methoxy groups -OCH3 is 1. The molecule has 5 heteroatoms. The molecule has 168 valence electrons. The Morgan fingerprint density at radius 1 is 1.19 bits per heavy atom. The number of benzene rings is 1. The van der Waals surface area contributed by atoms with E-state index in [9.17, 15) is 4.79 Å². The maximum absolute atomic E-state index is 12.9. The van der Waals surface area contributed by atoms with Gasteiger partial charge in [0.15, 0.2) is 0 Å². The Balaban J connectivity index is 1.25. The largest absolute Gasteiger partial charge is 0.495 e. The lowest BCUT2D eigenvalue weighted by atomic mass is 9.59. The molecule has 5 nitrogen and oxygen atoms in total. The first-order valence-electron chi connectivity index (χ1n) is 12.0. The zero-order chi connectivity index (χ0) is 21.6. The van der Waals surface area contributed by atoms with Crippen molar-refractivity contribution in [2.45, 2.75) is 52.1 Å². The molecular weight excluding hydrogens is 388 g/mol. The predicted octanol–water partition coefficient (Wildman–Crippen LogP) is 4.28. The van der Waals surface area contributed by atoms with E-state index < -0.39 is 0 Å². The van der Waals surface area contributed by atoms with Crippen LogP contribution in [0.3, 0.4) is 0 Å². The van der Waals surface area contributed by atoms with Gasteiger partial charge in [0.1, 0.15) is 11.9 Å². The van der Waals surface area contributed by atoms with Crippen molar-refractivity contribution in [2.24, 2.45) is 17.3 Å². The van der Waals surface area contributed by atoms with Crippen LogP contribution in [-0.4, -0.2) is 56.8 Å². The number of ether oxygens (including phenoxy) is 2. The normalized spacial score (nSPS) is 33.7. The van der Waals surface area contributed by atoms with Gasteiger partial charge in [0.2, 0.25) is 0 Å². The summed E-state index contributed by atoms with van der Waals surface area (Å²) in [5.41, 5.74) is 4.63. The fourth-order valence-corrected chi connectivity index (χ4v) is 6.66. The highest BCUT2D eigenvalue weighted by molar-refractivity contribution is 5.76. The van der Waals surface area contributed by atoms with E-state index in [2.05, 4.69) is 35.8 Å². The molecule has 1 aromatic carbocycles. The second-order valence-corrected chi connectivity index (χ2v) is 10.3. The minimum atomic E-state index is 0.0228. The van der Waals surface area contributed by atoms with E-state index in [4.69, 9.17) is 9.47 Å².